The van der Waals surface area contributed by atoms with Crippen molar-refractivity contribution in [3.05, 3.63) is 328 Å². The van der Waals surface area contributed by atoms with Gasteiger partial charge in [0.25, 0.3) is 6.71 Å². The second kappa shape index (κ2) is 21.4. The number of aromatic nitrogens is 3. The molecule has 5 aromatic heterocycles. The molecular formula is C88H54BN5O2. The molecule has 20 rings (SSSR count). The standard InChI is InChI=1S/C88H54BN5O2/c1-5-21-55(22-6-1)70-51-90-52-71(56-23-7-2-8-24-56)87(70)93-78-47-61(59-39-43-84-68(45-59)66-31-15-19-35-82(66)95-84)37-41-74(78)89-75-42-38-62(60-40-44-85-69(46-60)67-32-16-20-36-83(67)96-85)48-79(75)94(88-72(57-25-9-3-10-26-57)53-91-54-73(88)58-27-11-4-12-28-58)81-50-63(49-80(93)86(81)89)92-76-33-17-13-29-64(76)65-30-14-18-34-77(65)92/h1-54H. The van der Waals surface area contributed by atoms with Crippen molar-refractivity contribution in [1.82, 2.24) is 14.5 Å². The van der Waals surface area contributed by atoms with E-state index in [2.05, 4.69) is 330 Å². The normalized spacial score (nSPS) is 12.5. The summed E-state index contributed by atoms with van der Waals surface area (Å²) < 4.78 is 15.5. The van der Waals surface area contributed by atoms with Crippen molar-refractivity contribution in [3.8, 4) is 72.4 Å². The lowest BCUT2D eigenvalue weighted by atomic mass is 9.33. The highest BCUT2D eigenvalue weighted by Crippen LogP contribution is 2.54. The largest absolute Gasteiger partial charge is 0.456 e. The zero-order valence-electron chi connectivity index (χ0n) is 51.8. The number of hydrogen-bond donors (Lipinski definition) is 0. The fourth-order valence-electron chi connectivity index (χ4n) is 15.7. The summed E-state index contributed by atoms with van der Waals surface area (Å²) in [5.41, 5.74) is 29.0. The van der Waals surface area contributed by atoms with E-state index in [9.17, 15) is 0 Å². The molecule has 7 heterocycles. The van der Waals surface area contributed by atoms with Crippen LogP contribution in [0.15, 0.2) is 337 Å². The Labute approximate surface area is 553 Å². The first-order chi connectivity index (χ1) is 47.6. The molecule has 18 aromatic rings. The number of anilines is 6. The van der Waals surface area contributed by atoms with Gasteiger partial charge in [-0.3, -0.25) is 9.97 Å². The molecule has 13 aromatic carbocycles. The van der Waals surface area contributed by atoms with Crippen LogP contribution in [0.25, 0.3) is 138 Å². The Balaban J connectivity index is 0.960. The number of rotatable bonds is 9. The third kappa shape index (κ3) is 8.28. The average Bonchev–Trinajstić information content (AvgIpc) is 0.696. The maximum Gasteiger partial charge on any atom is 0.252 e. The van der Waals surface area contributed by atoms with Crippen molar-refractivity contribution in [3.63, 3.8) is 0 Å². The van der Waals surface area contributed by atoms with Gasteiger partial charge in [0.05, 0.1) is 28.1 Å². The van der Waals surface area contributed by atoms with Crippen molar-refractivity contribution < 1.29 is 8.83 Å². The summed E-state index contributed by atoms with van der Waals surface area (Å²) in [6.45, 7) is -0.284. The van der Waals surface area contributed by atoms with Crippen LogP contribution in [-0.2, 0) is 0 Å². The summed E-state index contributed by atoms with van der Waals surface area (Å²) in [5.74, 6) is 0. The van der Waals surface area contributed by atoms with Crippen LogP contribution in [0.2, 0.25) is 0 Å². The Morgan fingerprint density at radius 1 is 0.260 bits per heavy atom. The van der Waals surface area contributed by atoms with E-state index in [0.717, 1.165) is 161 Å². The highest BCUT2D eigenvalue weighted by atomic mass is 16.3. The number of benzene rings is 13. The first-order valence-corrected chi connectivity index (χ1v) is 32.7. The first-order valence-electron chi connectivity index (χ1n) is 32.7. The SMILES string of the molecule is c1ccc(-c2cncc(-c3ccccc3)c2N2c3cc(-c4ccc5oc6ccccc6c5c4)ccc3B3c4ccc(-c5ccc6oc7ccccc7c6c5)cc4N(c4c(-c5ccccc5)cncc4-c4ccccc4)c4cc(-n5c6ccccc6c6ccccc65)cc2c43)cc1. The van der Waals surface area contributed by atoms with Crippen molar-refractivity contribution >= 4 is 123 Å². The quantitative estimate of drug-likeness (QED) is 0.134. The molecule has 0 bridgehead atoms. The summed E-state index contributed by atoms with van der Waals surface area (Å²) in [5, 5.41) is 6.69. The van der Waals surface area contributed by atoms with Gasteiger partial charge in [-0.15, -0.1) is 0 Å². The molecule has 7 nitrogen and oxygen atoms in total. The molecule has 0 fully saturated rings. The molecule has 0 saturated heterocycles. The fourth-order valence-corrected chi connectivity index (χ4v) is 15.7. The van der Waals surface area contributed by atoms with Gasteiger partial charge >= 0.3 is 0 Å². The number of furan rings is 2. The van der Waals surface area contributed by atoms with E-state index >= 15 is 0 Å². The Morgan fingerprint density at radius 2 is 0.594 bits per heavy atom. The number of nitrogens with zero attached hydrogens (tertiary/aromatic N) is 5. The predicted octanol–water partition coefficient (Wildman–Crippen LogP) is 21.5. The molecule has 0 unspecified atom stereocenters. The van der Waals surface area contributed by atoms with E-state index in [-0.39, 0.29) is 6.71 Å². The lowest BCUT2D eigenvalue weighted by Crippen LogP contribution is -2.61. The van der Waals surface area contributed by atoms with Crippen molar-refractivity contribution in [2.75, 3.05) is 9.80 Å². The second-order valence-corrected chi connectivity index (χ2v) is 25.2. The minimum absolute atomic E-state index is 0.284. The van der Waals surface area contributed by atoms with Gasteiger partial charge in [-0.25, -0.2) is 0 Å². The van der Waals surface area contributed by atoms with Gasteiger partial charge in [-0.05, 0) is 134 Å². The molecule has 0 radical (unpaired) electrons. The summed E-state index contributed by atoms with van der Waals surface area (Å²) in [6.07, 6.45) is 8.26. The smallest absolute Gasteiger partial charge is 0.252 e. The van der Waals surface area contributed by atoms with E-state index in [1.165, 1.54) is 27.2 Å². The highest BCUT2D eigenvalue weighted by Gasteiger charge is 2.46. The highest BCUT2D eigenvalue weighted by molar-refractivity contribution is 7.00. The molecule has 8 heteroatoms. The summed E-state index contributed by atoms with van der Waals surface area (Å²) in [6, 6.07) is 110. The molecule has 446 valence electrons. The van der Waals surface area contributed by atoms with E-state index in [4.69, 9.17) is 18.8 Å². The van der Waals surface area contributed by atoms with Gasteiger partial charge in [0.1, 0.15) is 22.3 Å². The van der Waals surface area contributed by atoms with E-state index in [0.29, 0.717) is 0 Å². The predicted molar refractivity (Wildman–Crippen MR) is 398 cm³/mol. The van der Waals surface area contributed by atoms with Gasteiger partial charge in [-0.1, -0.05) is 231 Å². The molecular weight excluding hydrogens is 1170 g/mol. The summed E-state index contributed by atoms with van der Waals surface area (Å²) in [4.78, 5) is 15.5. The lowest BCUT2D eigenvalue weighted by Gasteiger charge is -2.46. The van der Waals surface area contributed by atoms with Crippen LogP contribution in [0.1, 0.15) is 0 Å². The van der Waals surface area contributed by atoms with Gasteiger partial charge in [0.15, 0.2) is 0 Å². The van der Waals surface area contributed by atoms with Crippen LogP contribution < -0.4 is 26.2 Å². The maximum atomic E-state index is 6.48. The fraction of sp³-hybridized carbons (Fsp3) is 0. The minimum atomic E-state index is -0.284. The monoisotopic (exact) mass is 1220 g/mol. The molecule has 0 amide bonds. The molecule has 2 aliphatic heterocycles. The number of fused-ring (bicyclic) bond motifs is 13. The number of pyridine rings is 2. The van der Waals surface area contributed by atoms with E-state index in [1.807, 2.05) is 12.1 Å². The molecule has 0 N–H and O–H groups in total. The topological polar surface area (TPSA) is 63.5 Å². The second-order valence-electron chi connectivity index (χ2n) is 25.2. The third-order valence-electron chi connectivity index (χ3n) is 19.9. The van der Waals surface area contributed by atoms with Crippen LogP contribution in [0.3, 0.4) is 0 Å². The summed E-state index contributed by atoms with van der Waals surface area (Å²) in [7, 11) is 0. The van der Waals surface area contributed by atoms with Crippen LogP contribution in [-0.4, -0.2) is 21.2 Å². The molecule has 0 spiro atoms. The Kier molecular flexibility index (Phi) is 12.0. The van der Waals surface area contributed by atoms with Gasteiger partial charge in [-0.2, -0.15) is 0 Å². The molecule has 96 heavy (non-hydrogen) atoms. The van der Waals surface area contributed by atoms with Crippen LogP contribution in [0.5, 0.6) is 0 Å². The maximum absolute atomic E-state index is 6.48. The Hall–Kier alpha value is -12.8. The third-order valence-corrected chi connectivity index (χ3v) is 19.9. The van der Waals surface area contributed by atoms with E-state index < -0.39 is 0 Å². The van der Waals surface area contributed by atoms with Crippen LogP contribution >= 0.6 is 0 Å². The number of para-hydroxylation sites is 4. The molecule has 2 aliphatic rings. The minimum Gasteiger partial charge on any atom is -0.456 e. The van der Waals surface area contributed by atoms with Gasteiger partial charge in [0.2, 0.25) is 0 Å². The van der Waals surface area contributed by atoms with Crippen molar-refractivity contribution in [2.45, 2.75) is 0 Å². The summed E-state index contributed by atoms with van der Waals surface area (Å²) >= 11 is 0. The zero-order valence-corrected chi connectivity index (χ0v) is 51.8. The first kappa shape index (κ1) is 53.8. The molecule has 0 aliphatic carbocycles. The van der Waals surface area contributed by atoms with Crippen LogP contribution in [0.4, 0.5) is 34.1 Å². The molecule has 0 atom stereocenters. The van der Waals surface area contributed by atoms with Crippen molar-refractivity contribution in [2.24, 2.45) is 0 Å². The molecule has 0 saturated carbocycles. The van der Waals surface area contributed by atoms with E-state index in [1.54, 1.807) is 0 Å². The van der Waals surface area contributed by atoms with Crippen LogP contribution in [0, 0.1) is 0 Å². The number of hydrogen-bond acceptors (Lipinski definition) is 6. The van der Waals surface area contributed by atoms with Crippen molar-refractivity contribution in [1.29, 1.82) is 0 Å². The average molecular weight is 1220 g/mol. The lowest BCUT2D eigenvalue weighted by molar-refractivity contribution is 0.668. The Bertz CT molecular complexity index is 5690. The van der Waals surface area contributed by atoms with Gasteiger partial charge in [0, 0.05) is 102 Å². The Morgan fingerprint density at radius 3 is 1.00 bits per heavy atom. The van der Waals surface area contributed by atoms with Gasteiger partial charge < -0.3 is 23.2 Å². The zero-order chi connectivity index (χ0) is 63.0.